The van der Waals surface area contributed by atoms with Crippen LogP contribution < -0.4 is 14.4 Å². The van der Waals surface area contributed by atoms with Crippen molar-refractivity contribution >= 4 is 39.1 Å². The summed E-state index contributed by atoms with van der Waals surface area (Å²) in [5.74, 6) is -0.119. The van der Waals surface area contributed by atoms with Crippen molar-refractivity contribution in [3.8, 4) is 5.75 Å². The molecule has 1 atom stereocenters. The van der Waals surface area contributed by atoms with Crippen LogP contribution in [0.4, 0.5) is 5.69 Å². The zero-order chi connectivity index (χ0) is 29.4. The molecule has 0 spiro atoms. The van der Waals surface area contributed by atoms with Crippen molar-refractivity contribution < 1.29 is 22.7 Å². The standard InChI is InChI=1S/C30H36ClN3O5S/c1-21(2)18-32-30(36)23(4)33(19-24-8-10-25(31)11-9-24)29(35)20-34(26-12-6-22(3)7-13-26)40(37,38)28-16-14-27(39-5)15-17-28/h6-17,21,23H,18-20H2,1-5H3,(H,32,36)/t23-/m1/s1. The minimum Gasteiger partial charge on any atom is -0.497 e. The number of carbonyl (C=O) groups is 2. The summed E-state index contributed by atoms with van der Waals surface area (Å²) in [5.41, 5.74) is 2.02. The average Bonchev–Trinajstić information content (AvgIpc) is 2.94. The van der Waals surface area contributed by atoms with Crippen molar-refractivity contribution in [2.45, 2.75) is 45.2 Å². The third-order valence-corrected chi connectivity index (χ3v) is 8.41. The lowest BCUT2D eigenvalue weighted by molar-refractivity contribution is -0.139. The van der Waals surface area contributed by atoms with E-state index in [-0.39, 0.29) is 23.3 Å². The van der Waals surface area contributed by atoms with Gasteiger partial charge in [0, 0.05) is 18.1 Å². The number of aryl methyl sites for hydroxylation is 1. The molecule has 10 heteroatoms. The Balaban J connectivity index is 2.00. The fourth-order valence-corrected chi connectivity index (χ4v) is 5.48. The number of hydrogen-bond donors (Lipinski definition) is 1. The van der Waals surface area contributed by atoms with Crippen molar-refractivity contribution in [1.82, 2.24) is 10.2 Å². The van der Waals surface area contributed by atoms with Crippen molar-refractivity contribution in [2.24, 2.45) is 5.92 Å². The van der Waals surface area contributed by atoms with E-state index in [0.29, 0.717) is 23.0 Å². The Bertz CT molecular complexity index is 1390. The SMILES string of the molecule is COc1ccc(S(=O)(=O)N(CC(=O)N(Cc2ccc(Cl)cc2)[C@H](C)C(=O)NCC(C)C)c2ccc(C)cc2)cc1. The molecular weight excluding hydrogens is 550 g/mol. The van der Waals surface area contributed by atoms with Gasteiger partial charge in [-0.05, 0) is 73.9 Å². The van der Waals surface area contributed by atoms with Crippen LogP contribution in [0.15, 0.2) is 77.7 Å². The highest BCUT2D eigenvalue weighted by Gasteiger charge is 2.32. The summed E-state index contributed by atoms with van der Waals surface area (Å²) in [6.07, 6.45) is 0. The Kier molecular flexibility index (Phi) is 10.6. The van der Waals surface area contributed by atoms with Gasteiger partial charge in [-0.3, -0.25) is 13.9 Å². The number of carbonyl (C=O) groups excluding carboxylic acids is 2. The van der Waals surface area contributed by atoms with Crippen molar-refractivity contribution in [1.29, 1.82) is 0 Å². The Morgan fingerprint density at radius 2 is 1.52 bits per heavy atom. The number of nitrogens with zero attached hydrogens (tertiary/aromatic N) is 2. The molecule has 0 unspecified atom stereocenters. The van der Waals surface area contributed by atoms with Crippen LogP contribution in [0, 0.1) is 12.8 Å². The highest BCUT2D eigenvalue weighted by Crippen LogP contribution is 2.26. The Hall–Kier alpha value is -3.56. The lowest BCUT2D eigenvalue weighted by atomic mass is 10.1. The number of anilines is 1. The van der Waals surface area contributed by atoms with Crippen LogP contribution in [0.25, 0.3) is 0 Å². The van der Waals surface area contributed by atoms with Crippen LogP contribution >= 0.6 is 11.6 Å². The molecule has 2 amide bonds. The summed E-state index contributed by atoms with van der Waals surface area (Å²) in [6.45, 7) is 7.52. The highest BCUT2D eigenvalue weighted by atomic mass is 35.5. The summed E-state index contributed by atoms with van der Waals surface area (Å²) >= 11 is 6.04. The maximum absolute atomic E-state index is 13.9. The summed E-state index contributed by atoms with van der Waals surface area (Å²) in [6, 6.07) is 19.0. The molecular formula is C30H36ClN3O5S. The lowest BCUT2D eigenvalue weighted by Gasteiger charge is -2.32. The van der Waals surface area contributed by atoms with E-state index in [1.165, 1.54) is 24.1 Å². The van der Waals surface area contributed by atoms with Crippen molar-refractivity contribution in [2.75, 3.05) is 24.5 Å². The topological polar surface area (TPSA) is 96.0 Å². The number of sulfonamides is 1. The van der Waals surface area contributed by atoms with Crippen LogP contribution in [-0.2, 0) is 26.2 Å². The van der Waals surface area contributed by atoms with Gasteiger partial charge >= 0.3 is 0 Å². The minimum atomic E-state index is -4.15. The second-order valence-electron chi connectivity index (χ2n) is 9.99. The number of ether oxygens (including phenoxy) is 1. The summed E-state index contributed by atoms with van der Waals surface area (Å²) in [4.78, 5) is 28.4. The van der Waals surface area contributed by atoms with Crippen LogP contribution in [-0.4, -0.2) is 51.4 Å². The largest absolute Gasteiger partial charge is 0.497 e. The molecule has 214 valence electrons. The van der Waals surface area contributed by atoms with Crippen LogP contribution in [0.2, 0.25) is 5.02 Å². The van der Waals surface area contributed by atoms with Crippen LogP contribution in [0.5, 0.6) is 5.75 Å². The van der Waals surface area contributed by atoms with Crippen LogP contribution in [0.1, 0.15) is 31.9 Å². The quantitative estimate of drug-likeness (QED) is 0.321. The molecule has 3 aromatic rings. The molecule has 8 nitrogen and oxygen atoms in total. The van der Waals surface area contributed by atoms with E-state index in [4.69, 9.17) is 16.3 Å². The van der Waals surface area contributed by atoms with E-state index in [1.54, 1.807) is 67.6 Å². The molecule has 0 aliphatic carbocycles. The predicted molar refractivity (Wildman–Crippen MR) is 158 cm³/mol. The second-order valence-corrected chi connectivity index (χ2v) is 12.3. The van der Waals surface area contributed by atoms with Gasteiger partial charge in [-0.25, -0.2) is 8.42 Å². The highest BCUT2D eigenvalue weighted by molar-refractivity contribution is 7.92. The number of rotatable bonds is 12. The van der Waals surface area contributed by atoms with Gasteiger partial charge in [0.2, 0.25) is 11.8 Å². The average molecular weight is 586 g/mol. The molecule has 0 aromatic heterocycles. The molecule has 0 aliphatic rings. The predicted octanol–water partition coefficient (Wildman–Crippen LogP) is 5.04. The first kappa shape index (κ1) is 31.0. The van der Waals surface area contributed by atoms with Gasteiger partial charge < -0.3 is 15.0 Å². The fraction of sp³-hybridized carbons (Fsp3) is 0.333. The molecule has 1 N–H and O–H groups in total. The minimum absolute atomic E-state index is 0.00801. The number of amides is 2. The van der Waals surface area contributed by atoms with E-state index in [2.05, 4.69) is 5.32 Å². The van der Waals surface area contributed by atoms with E-state index in [1.807, 2.05) is 20.8 Å². The number of nitrogens with one attached hydrogen (secondary N) is 1. The van der Waals surface area contributed by atoms with Gasteiger partial charge in [-0.2, -0.15) is 0 Å². The monoisotopic (exact) mass is 585 g/mol. The van der Waals surface area contributed by atoms with E-state index in [0.717, 1.165) is 15.4 Å². The summed E-state index contributed by atoms with van der Waals surface area (Å²) in [7, 11) is -2.66. The summed E-state index contributed by atoms with van der Waals surface area (Å²) in [5, 5.41) is 3.41. The maximum Gasteiger partial charge on any atom is 0.264 e. The first-order chi connectivity index (χ1) is 18.9. The van der Waals surface area contributed by atoms with Gasteiger partial charge in [-0.15, -0.1) is 0 Å². The number of hydrogen-bond acceptors (Lipinski definition) is 5. The van der Waals surface area contributed by atoms with Gasteiger partial charge in [0.1, 0.15) is 18.3 Å². The normalized spacial score (nSPS) is 12.1. The van der Waals surface area contributed by atoms with Crippen molar-refractivity contribution in [3.05, 3.63) is 88.9 Å². The van der Waals surface area contributed by atoms with Gasteiger partial charge in [0.15, 0.2) is 0 Å². The smallest absolute Gasteiger partial charge is 0.264 e. The van der Waals surface area contributed by atoms with Crippen molar-refractivity contribution in [3.63, 3.8) is 0 Å². The Morgan fingerprint density at radius 1 is 0.925 bits per heavy atom. The van der Waals surface area contributed by atoms with E-state index in [9.17, 15) is 18.0 Å². The summed E-state index contributed by atoms with van der Waals surface area (Å²) < 4.78 is 34.0. The number of halogens is 1. The molecule has 0 saturated heterocycles. The molecule has 0 aliphatic heterocycles. The first-order valence-electron chi connectivity index (χ1n) is 13.0. The third-order valence-electron chi connectivity index (χ3n) is 6.37. The van der Waals surface area contributed by atoms with E-state index < -0.39 is 28.5 Å². The van der Waals surface area contributed by atoms with Crippen LogP contribution in [0.3, 0.4) is 0 Å². The molecule has 3 aromatic carbocycles. The third kappa shape index (κ3) is 7.99. The first-order valence-corrected chi connectivity index (χ1v) is 14.8. The number of methoxy groups -OCH3 is 1. The zero-order valence-corrected chi connectivity index (χ0v) is 25.0. The van der Waals surface area contributed by atoms with Gasteiger partial charge in [-0.1, -0.05) is 55.3 Å². The molecule has 0 bridgehead atoms. The van der Waals surface area contributed by atoms with E-state index >= 15 is 0 Å². The molecule has 0 saturated carbocycles. The molecule has 3 rings (SSSR count). The van der Waals surface area contributed by atoms with Gasteiger partial charge in [0.05, 0.1) is 17.7 Å². The molecule has 0 fully saturated rings. The number of benzene rings is 3. The zero-order valence-electron chi connectivity index (χ0n) is 23.4. The molecule has 40 heavy (non-hydrogen) atoms. The maximum atomic E-state index is 13.9. The lowest BCUT2D eigenvalue weighted by Crippen LogP contribution is -2.51. The Labute approximate surface area is 241 Å². The second kappa shape index (κ2) is 13.7. The fourth-order valence-electron chi connectivity index (χ4n) is 3.94. The molecule has 0 heterocycles. The molecule has 0 radical (unpaired) electrons. The Morgan fingerprint density at radius 3 is 2.08 bits per heavy atom. The van der Waals surface area contributed by atoms with Gasteiger partial charge in [0.25, 0.3) is 10.0 Å².